The SMILES string of the molecule is COc1ccc(/C(C)=N/OCC(=O)N=Nc2c(O)n(CN(C)C)c3ccccc23)cc1. The van der Waals surface area contributed by atoms with Crippen molar-refractivity contribution in [3.8, 4) is 11.6 Å². The maximum Gasteiger partial charge on any atom is 0.304 e. The molecule has 0 bridgehead atoms. The smallest absolute Gasteiger partial charge is 0.304 e. The fourth-order valence-electron chi connectivity index (χ4n) is 3.00. The molecule has 0 aliphatic heterocycles. The van der Waals surface area contributed by atoms with Crippen LogP contribution >= 0.6 is 0 Å². The fourth-order valence-corrected chi connectivity index (χ4v) is 3.00. The van der Waals surface area contributed by atoms with Crippen LogP contribution in [-0.2, 0) is 16.3 Å². The summed E-state index contributed by atoms with van der Waals surface area (Å²) in [5.74, 6) is 0.0686. The average molecular weight is 423 g/mol. The molecule has 3 rings (SSSR count). The highest BCUT2D eigenvalue weighted by Crippen LogP contribution is 2.38. The molecular formula is C22H25N5O4. The first-order valence-electron chi connectivity index (χ1n) is 9.61. The van der Waals surface area contributed by atoms with Crippen LogP contribution in [-0.4, -0.2) is 54.0 Å². The van der Waals surface area contributed by atoms with Gasteiger partial charge in [0.25, 0.3) is 0 Å². The number of rotatable bonds is 8. The van der Waals surface area contributed by atoms with Gasteiger partial charge in [-0.3, -0.25) is 14.3 Å². The Bertz CT molecular complexity index is 1120. The van der Waals surface area contributed by atoms with E-state index in [2.05, 4.69) is 15.4 Å². The fraction of sp³-hybridized carbons (Fsp3) is 0.273. The van der Waals surface area contributed by atoms with Gasteiger partial charge < -0.3 is 14.7 Å². The number of oxime groups is 1. The predicted molar refractivity (Wildman–Crippen MR) is 118 cm³/mol. The summed E-state index contributed by atoms with van der Waals surface area (Å²) >= 11 is 0. The first-order chi connectivity index (χ1) is 14.9. The third-order valence-electron chi connectivity index (χ3n) is 4.50. The molecule has 2 aromatic carbocycles. The zero-order valence-corrected chi connectivity index (χ0v) is 17.9. The standard InChI is InChI=1S/C22H25N5O4/c1-15(16-9-11-17(30-4)12-10-16)25-31-13-20(28)23-24-21-18-7-5-6-8-19(18)27(22(21)29)14-26(2)3/h5-12,29H,13-14H2,1-4H3/b24-23?,25-15+. The number of nitrogens with zero attached hydrogens (tertiary/aromatic N) is 5. The number of amides is 1. The molecule has 3 aromatic rings. The number of hydrogen-bond acceptors (Lipinski definition) is 7. The van der Waals surface area contributed by atoms with Crippen molar-refractivity contribution in [3.63, 3.8) is 0 Å². The summed E-state index contributed by atoms with van der Waals surface area (Å²) in [6, 6.07) is 14.7. The van der Waals surface area contributed by atoms with Gasteiger partial charge in [-0.15, -0.1) is 10.2 Å². The van der Waals surface area contributed by atoms with E-state index in [-0.39, 0.29) is 18.2 Å². The summed E-state index contributed by atoms with van der Waals surface area (Å²) in [7, 11) is 5.38. The Kier molecular flexibility index (Phi) is 6.99. The third kappa shape index (κ3) is 5.26. The number of aromatic hydroxyl groups is 1. The van der Waals surface area contributed by atoms with E-state index in [1.807, 2.05) is 67.5 Å². The molecule has 31 heavy (non-hydrogen) atoms. The van der Waals surface area contributed by atoms with Crippen LogP contribution < -0.4 is 4.74 Å². The van der Waals surface area contributed by atoms with Gasteiger partial charge in [0, 0.05) is 5.39 Å². The van der Waals surface area contributed by atoms with E-state index in [4.69, 9.17) is 9.57 Å². The molecule has 1 heterocycles. The number of benzene rings is 2. The quantitative estimate of drug-likeness (QED) is 0.336. The van der Waals surface area contributed by atoms with Crippen molar-refractivity contribution in [1.82, 2.24) is 9.47 Å². The summed E-state index contributed by atoms with van der Waals surface area (Å²) in [4.78, 5) is 19.1. The van der Waals surface area contributed by atoms with Crippen molar-refractivity contribution in [2.24, 2.45) is 15.4 Å². The number of methoxy groups -OCH3 is 1. The third-order valence-corrected chi connectivity index (χ3v) is 4.50. The number of ether oxygens (including phenoxy) is 1. The van der Waals surface area contributed by atoms with Crippen molar-refractivity contribution in [3.05, 3.63) is 54.1 Å². The van der Waals surface area contributed by atoms with Gasteiger partial charge in [-0.05, 0) is 56.9 Å². The first-order valence-corrected chi connectivity index (χ1v) is 9.61. The lowest BCUT2D eigenvalue weighted by atomic mass is 10.1. The van der Waals surface area contributed by atoms with Gasteiger partial charge >= 0.3 is 5.91 Å². The van der Waals surface area contributed by atoms with Crippen molar-refractivity contribution < 1.29 is 19.5 Å². The Morgan fingerprint density at radius 2 is 1.84 bits per heavy atom. The second kappa shape index (κ2) is 9.86. The monoisotopic (exact) mass is 423 g/mol. The highest BCUT2D eigenvalue weighted by atomic mass is 16.6. The molecule has 1 aromatic heterocycles. The molecule has 0 atom stereocenters. The maximum absolute atomic E-state index is 12.1. The Hall–Kier alpha value is -3.72. The molecule has 0 radical (unpaired) electrons. The minimum atomic E-state index is -0.616. The maximum atomic E-state index is 12.1. The molecule has 0 aliphatic rings. The minimum Gasteiger partial charge on any atom is -0.497 e. The van der Waals surface area contributed by atoms with E-state index >= 15 is 0 Å². The Labute approximate surface area is 180 Å². The number of aromatic nitrogens is 1. The molecule has 1 N–H and O–H groups in total. The Balaban J connectivity index is 1.68. The minimum absolute atomic E-state index is 0.0549. The van der Waals surface area contributed by atoms with E-state index in [0.717, 1.165) is 16.8 Å². The van der Waals surface area contributed by atoms with Crippen LogP contribution in [0.4, 0.5) is 5.69 Å². The van der Waals surface area contributed by atoms with Crippen molar-refractivity contribution in [2.45, 2.75) is 13.6 Å². The topological polar surface area (TPSA) is 101 Å². The van der Waals surface area contributed by atoms with Crippen LogP contribution in [0.5, 0.6) is 11.6 Å². The number of carbonyl (C=O) groups is 1. The number of para-hydroxylation sites is 1. The molecule has 162 valence electrons. The highest BCUT2D eigenvalue weighted by molar-refractivity contribution is 5.98. The Morgan fingerprint density at radius 1 is 1.13 bits per heavy atom. The number of azo groups is 1. The van der Waals surface area contributed by atoms with Gasteiger partial charge in [0.2, 0.25) is 5.88 Å². The number of hydrogen-bond donors (Lipinski definition) is 1. The van der Waals surface area contributed by atoms with Crippen LogP contribution in [0.2, 0.25) is 0 Å². The molecule has 1 amide bonds. The van der Waals surface area contributed by atoms with Crippen LogP contribution in [0.25, 0.3) is 10.9 Å². The largest absolute Gasteiger partial charge is 0.497 e. The lowest BCUT2D eigenvalue weighted by Crippen LogP contribution is -2.16. The van der Waals surface area contributed by atoms with Gasteiger partial charge in [-0.25, -0.2) is 0 Å². The van der Waals surface area contributed by atoms with Crippen LogP contribution in [0, 0.1) is 0 Å². The highest BCUT2D eigenvalue weighted by Gasteiger charge is 2.17. The Morgan fingerprint density at radius 3 is 2.52 bits per heavy atom. The zero-order chi connectivity index (χ0) is 22.4. The molecule has 0 saturated heterocycles. The molecule has 0 saturated carbocycles. The molecule has 0 spiro atoms. The van der Waals surface area contributed by atoms with Crippen molar-refractivity contribution >= 4 is 28.2 Å². The normalized spacial score (nSPS) is 12.1. The average Bonchev–Trinajstić information content (AvgIpc) is 3.03. The lowest BCUT2D eigenvalue weighted by molar-refractivity contribution is -0.122. The first kappa shape index (κ1) is 22.0. The molecule has 0 fully saturated rings. The van der Waals surface area contributed by atoms with Crippen molar-refractivity contribution in [1.29, 1.82) is 0 Å². The van der Waals surface area contributed by atoms with Gasteiger partial charge in [-0.1, -0.05) is 23.4 Å². The lowest BCUT2D eigenvalue weighted by Gasteiger charge is -2.12. The molecule has 0 aliphatic carbocycles. The van der Waals surface area contributed by atoms with Crippen LogP contribution in [0.15, 0.2) is 63.9 Å². The summed E-state index contributed by atoms with van der Waals surface area (Å²) in [5.41, 5.74) is 2.49. The summed E-state index contributed by atoms with van der Waals surface area (Å²) < 4.78 is 6.82. The van der Waals surface area contributed by atoms with E-state index < -0.39 is 5.91 Å². The number of fused-ring (bicyclic) bond motifs is 1. The van der Waals surface area contributed by atoms with Gasteiger partial charge in [0.1, 0.15) is 5.75 Å². The van der Waals surface area contributed by atoms with E-state index in [9.17, 15) is 9.90 Å². The number of carbonyl (C=O) groups excluding carboxylic acids is 1. The van der Waals surface area contributed by atoms with Gasteiger partial charge in [-0.2, -0.15) is 0 Å². The summed E-state index contributed by atoms with van der Waals surface area (Å²) in [6.07, 6.45) is 0. The molecular weight excluding hydrogens is 398 g/mol. The summed E-state index contributed by atoms with van der Waals surface area (Å²) in [6.45, 7) is 1.86. The summed E-state index contributed by atoms with van der Waals surface area (Å²) in [5, 5.41) is 22.9. The van der Waals surface area contributed by atoms with Gasteiger partial charge in [0.15, 0.2) is 12.3 Å². The van der Waals surface area contributed by atoms with E-state index in [1.165, 1.54) is 0 Å². The second-order valence-electron chi connectivity index (χ2n) is 7.11. The molecule has 9 heteroatoms. The van der Waals surface area contributed by atoms with Gasteiger partial charge in [0.05, 0.1) is 25.0 Å². The molecule has 9 nitrogen and oxygen atoms in total. The van der Waals surface area contributed by atoms with E-state index in [1.54, 1.807) is 18.6 Å². The van der Waals surface area contributed by atoms with Crippen molar-refractivity contribution in [2.75, 3.05) is 27.8 Å². The van der Waals surface area contributed by atoms with E-state index in [0.29, 0.717) is 17.8 Å². The van der Waals surface area contributed by atoms with Crippen LogP contribution in [0.3, 0.4) is 0 Å². The predicted octanol–water partition coefficient (Wildman–Crippen LogP) is 3.93. The second-order valence-corrected chi connectivity index (χ2v) is 7.11. The zero-order valence-electron chi connectivity index (χ0n) is 17.9. The molecule has 0 unspecified atom stereocenters. The van der Waals surface area contributed by atoms with Crippen LogP contribution in [0.1, 0.15) is 12.5 Å².